The minimum absolute atomic E-state index is 0.115. The first kappa shape index (κ1) is 23.5. The summed E-state index contributed by atoms with van der Waals surface area (Å²) in [5.41, 5.74) is 7.51. The van der Waals surface area contributed by atoms with Crippen LogP contribution in [0.1, 0.15) is 6.85 Å². The zero-order valence-electron chi connectivity index (χ0n) is 31.5. The molecule has 0 fully saturated rings. The van der Waals surface area contributed by atoms with Gasteiger partial charge in [0.05, 0.1) is 17.9 Å². The number of hydrogen-bond donors (Lipinski definition) is 0. The predicted octanol–water partition coefficient (Wildman–Crippen LogP) is 11.5. The molecule has 0 radical (unpaired) electrons. The summed E-state index contributed by atoms with van der Waals surface area (Å²) < 4.78 is 50.2. The second-order valence-electron chi connectivity index (χ2n) is 12.1. The maximum Gasteiger partial charge on any atom is 0.164 e. The second-order valence-corrected chi connectivity index (χ2v) is 12.1. The van der Waals surface area contributed by atoms with Crippen LogP contribution in [0.3, 0.4) is 0 Å². The van der Waals surface area contributed by atoms with Gasteiger partial charge in [-0.2, -0.15) is 0 Å². The number of furan rings is 1. The molecule has 0 spiro atoms. The van der Waals surface area contributed by atoms with Crippen molar-refractivity contribution in [3.8, 4) is 51.0 Å². The van der Waals surface area contributed by atoms with Crippen molar-refractivity contribution in [3.63, 3.8) is 0 Å². The van der Waals surface area contributed by atoms with Crippen LogP contribution < -0.4 is 0 Å². The molecule has 0 aliphatic rings. The topological polar surface area (TPSA) is 56.7 Å². The Hall–Kier alpha value is -6.85. The average molecular weight is 646 g/mol. The highest BCUT2D eigenvalue weighted by molar-refractivity contribution is 6.10. The quantitative estimate of drug-likeness (QED) is 0.187. The highest BCUT2D eigenvalue weighted by atomic mass is 16.3. The van der Waals surface area contributed by atoms with Gasteiger partial charge in [-0.25, -0.2) is 15.0 Å². The molecule has 0 aliphatic carbocycles. The molecule has 5 nitrogen and oxygen atoms in total. The number of hydrogen-bond acceptors (Lipinski definition) is 4. The Morgan fingerprint density at radius 1 is 0.420 bits per heavy atom. The van der Waals surface area contributed by atoms with Gasteiger partial charge in [0.25, 0.3) is 0 Å². The molecular weight excluding hydrogens is 613 g/mol. The molecule has 0 atom stereocenters. The number of para-hydroxylation sites is 2. The maximum absolute atomic E-state index is 8.54. The van der Waals surface area contributed by atoms with Crippen LogP contribution in [-0.2, 0) is 0 Å². The van der Waals surface area contributed by atoms with E-state index in [-0.39, 0.29) is 29.7 Å². The molecule has 0 bridgehead atoms. The highest BCUT2D eigenvalue weighted by Crippen LogP contribution is 2.37. The van der Waals surface area contributed by atoms with Crippen molar-refractivity contribution < 1.29 is 11.3 Å². The van der Waals surface area contributed by atoms with Crippen LogP contribution >= 0.6 is 0 Å². The molecule has 3 aromatic heterocycles. The minimum Gasteiger partial charge on any atom is -0.456 e. The van der Waals surface area contributed by atoms with Crippen LogP contribution in [0.2, 0.25) is 0 Å². The van der Waals surface area contributed by atoms with E-state index in [0.717, 1.165) is 49.8 Å². The van der Waals surface area contributed by atoms with Crippen molar-refractivity contribution in [2.45, 2.75) is 0 Å². The molecular formula is C45H28N4O. The van der Waals surface area contributed by atoms with Gasteiger partial charge < -0.3 is 8.98 Å². The molecule has 7 aromatic carbocycles. The SMILES string of the molecule is [2H]c1c([2H])c([2H])c(-c2cccc(-c3nc(-c4ccccc4)nc(-c4ccc5oc6cc(-n7c8ccccc8c8ccccc87)ccc6c5c4)n3)c2)c([2H])c1[2H]. The lowest BCUT2D eigenvalue weighted by Crippen LogP contribution is -2.00. The van der Waals surface area contributed by atoms with Crippen molar-refractivity contribution in [3.05, 3.63) is 170 Å². The lowest BCUT2D eigenvalue weighted by atomic mass is 10.0. The molecule has 234 valence electrons. The van der Waals surface area contributed by atoms with E-state index >= 15 is 0 Å². The minimum atomic E-state index is -0.435. The van der Waals surface area contributed by atoms with Gasteiger partial charge >= 0.3 is 0 Å². The van der Waals surface area contributed by atoms with E-state index in [1.165, 1.54) is 10.8 Å². The van der Waals surface area contributed by atoms with Crippen molar-refractivity contribution in [1.29, 1.82) is 0 Å². The molecule has 50 heavy (non-hydrogen) atoms. The van der Waals surface area contributed by atoms with E-state index < -0.39 is 6.04 Å². The van der Waals surface area contributed by atoms with E-state index in [4.69, 9.17) is 26.2 Å². The Kier molecular flexibility index (Phi) is 5.35. The summed E-state index contributed by atoms with van der Waals surface area (Å²) in [7, 11) is 0. The summed E-state index contributed by atoms with van der Waals surface area (Å²) in [6.45, 7) is 0. The zero-order chi connectivity index (χ0) is 37.4. The van der Waals surface area contributed by atoms with Crippen molar-refractivity contribution >= 4 is 43.7 Å². The fourth-order valence-electron chi connectivity index (χ4n) is 6.80. The molecule has 0 aliphatic heterocycles. The van der Waals surface area contributed by atoms with Crippen molar-refractivity contribution in [2.75, 3.05) is 0 Å². The van der Waals surface area contributed by atoms with Crippen LogP contribution in [0.5, 0.6) is 0 Å². The molecule has 0 amide bonds. The Balaban J connectivity index is 1.11. The molecule has 10 rings (SSSR count). The van der Waals surface area contributed by atoms with E-state index in [0.29, 0.717) is 28.6 Å². The van der Waals surface area contributed by atoms with E-state index in [9.17, 15) is 0 Å². The Morgan fingerprint density at radius 2 is 1.04 bits per heavy atom. The number of rotatable bonds is 5. The van der Waals surface area contributed by atoms with Gasteiger partial charge in [-0.05, 0) is 59.7 Å². The summed E-state index contributed by atoms with van der Waals surface area (Å²) in [4.78, 5) is 14.7. The molecule has 3 heterocycles. The van der Waals surface area contributed by atoms with E-state index in [1.807, 2.05) is 54.6 Å². The van der Waals surface area contributed by atoms with Gasteiger partial charge in [-0.15, -0.1) is 0 Å². The zero-order valence-corrected chi connectivity index (χ0v) is 26.5. The Morgan fingerprint density at radius 3 is 1.78 bits per heavy atom. The van der Waals surface area contributed by atoms with Gasteiger partial charge in [-0.3, -0.25) is 0 Å². The van der Waals surface area contributed by atoms with Gasteiger partial charge in [0, 0.05) is 50.0 Å². The van der Waals surface area contributed by atoms with Gasteiger partial charge in [0.1, 0.15) is 11.2 Å². The average Bonchev–Trinajstić information content (AvgIpc) is 3.77. The summed E-state index contributed by atoms with van der Waals surface area (Å²) in [5, 5.41) is 4.28. The molecule has 0 N–H and O–H groups in total. The molecule has 0 saturated heterocycles. The molecule has 10 aromatic rings. The number of nitrogens with zero attached hydrogens (tertiary/aromatic N) is 4. The highest BCUT2D eigenvalue weighted by Gasteiger charge is 2.17. The van der Waals surface area contributed by atoms with Gasteiger partial charge in [0.15, 0.2) is 17.5 Å². The summed E-state index contributed by atoms with van der Waals surface area (Å²) in [6, 6.07) is 44.1. The number of fused-ring (bicyclic) bond motifs is 6. The first-order chi connectivity index (χ1) is 26.8. The van der Waals surface area contributed by atoms with Gasteiger partial charge in [-0.1, -0.05) is 115 Å². The number of aromatic nitrogens is 4. The summed E-state index contributed by atoms with van der Waals surface area (Å²) in [5.74, 6) is 1.31. The van der Waals surface area contributed by atoms with Gasteiger partial charge in [0.2, 0.25) is 0 Å². The van der Waals surface area contributed by atoms with Crippen LogP contribution in [0.4, 0.5) is 0 Å². The first-order valence-corrected chi connectivity index (χ1v) is 16.3. The fourth-order valence-corrected chi connectivity index (χ4v) is 6.80. The Bertz CT molecular complexity index is 3090. The second kappa shape index (κ2) is 11.4. The summed E-state index contributed by atoms with van der Waals surface area (Å²) >= 11 is 0. The predicted molar refractivity (Wildman–Crippen MR) is 203 cm³/mol. The molecule has 0 unspecified atom stereocenters. The van der Waals surface area contributed by atoms with E-state index in [2.05, 4.69) is 71.3 Å². The smallest absolute Gasteiger partial charge is 0.164 e. The number of benzene rings is 7. The Labute approximate surface area is 294 Å². The summed E-state index contributed by atoms with van der Waals surface area (Å²) in [6.07, 6.45) is 0. The van der Waals surface area contributed by atoms with Crippen molar-refractivity contribution in [1.82, 2.24) is 19.5 Å². The lowest BCUT2D eigenvalue weighted by Gasteiger charge is -2.10. The fraction of sp³-hybridized carbons (Fsp3) is 0. The maximum atomic E-state index is 8.54. The van der Waals surface area contributed by atoms with Crippen LogP contribution in [0.25, 0.3) is 94.7 Å². The monoisotopic (exact) mass is 645 g/mol. The first-order valence-electron chi connectivity index (χ1n) is 18.8. The third kappa shape index (κ3) is 4.67. The van der Waals surface area contributed by atoms with Crippen LogP contribution in [-0.4, -0.2) is 19.5 Å². The lowest BCUT2D eigenvalue weighted by molar-refractivity contribution is 0.668. The molecule has 5 heteroatoms. The van der Waals surface area contributed by atoms with Crippen LogP contribution in [0, 0.1) is 0 Å². The third-order valence-electron chi connectivity index (χ3n) is 9.13. The third-order valence-corrected chi connectivity index (χ3v) is 9.13. The largest absolute Gasteiger partial charge is 0.456 e. The normalized spacial score (nSPS) is 13.0. The molecule has 0 saturated carbocycles. The van der Waals surface area contributed by atoms with Crippen molar-refractivity contribution in [2.24, 2.45) is 0 Å². The standard InChI is InChI=1S/C45H28N4O/c1-3-12-29(13-4-1)31-16-11-17-32(26-31)44-46-43(30-14-5-2-6-15-30)47-45(48-44)33-22-25-41-38(27-33)37-24-23-34(28-42(37)50-41)49-39-20-9-7-18-35(39)36-19-8-10-21-40(36)49/h1-28H/i1D,3D,4D,12D,13D. The van der Waals surface area contributed by atoms with E-state index in [1.54, 1.807) is 18.2 Å². The van der Waals surface area contributed by atoms with Crippen LogP contribution in [0.15, 0.2) is 174 Å².